The lowest BCUT2D eigenvalue weighted by Crippen LogP contribution is -2.13. The zero-order chi connectivity index (χ0) is 12.3. The fraction of sp³-hybridized carbons (Fsp3) is 0.455. The first kappa shape index (κ1) is 12.0. The van der Waals surface area contributed by atoms with Crippen molar-refractivity contribution in [1.82, 2.24) is 25.1 Å². The normalized spacial score (nSPS) is 11.7. The molecule has 5 nitrogen and oxygen atoms in total. The van der Waals surface area contributed by atoms with Gasteiger partial charge in [0.25, 0.3) is 0 Å². The monoisotopic (exact) mass is 249 g/mol. The number of nitrogens with zero attached hydrogens (tertiary/aromatic N) is 4. The molecule has 1 N–H and O–H groups in total. The number of hydrogen-bond acceptors (Lipinski definition) is 5. The topological polar surface area (TPSA) is 67.3 Å². The summed E-state index contributed by atoms with van der Waals surface area (Å²) in [5.74, 6) is 1.63. The maximum atomic E-state index is 4.44. The molecule has 17 heavy (non-hydrogen) atoms. The average molecular weight is 249 g/mol. The standard InChI is InChI=1S/C11H15N5S/c1-11(2,3)9-14-10(16-15-9)17-7-8-6-12-4-5-13-8/h4-6H,7H2,1-3H3,(H,14,15,16). The van der Waals surface area contributed by atoms with Crippen molar-refractivity contribution in [2.24, 2.45) is 0 Å². The highest BCUT2D eigenvalue weighted by Crippen LogP contribution is 2.22. The zero-order valence-corrected chi connectivity index (χ0v) is 11.0. The van der Waals surface area contributed by atoms with E-state index in [2.05, 4.69) is 45.9 Å². The van der Waals surface area contributed by atoms with Crippen LogP contribution in [0.5, 0.6) is 0 Å². The number of nitrogens with one attached hydrogen (secondary N) is 1. The van der Waals surface area contributed by atoms with E-state index < -0.39 is 0 Å². The first-order chi connectivity index (χ1) is 8.05. The minimum absolute atomic E-state index is 0.00162. The van der Waals surface area contributed by atoms with Crippen LogP contribution in [0.4, 0.5) is 0 Å². The first-order valence-corrected chi connectivity index (χ1v) is 6.35. The van der Waals surface area contributed by atoms with Crippen molar-refractivity contribution in [2.45, 2.75) is 37.1 Å². The number of rotatable bonds is 3. The van der Waals surface area contributed by atoms with E-state index in [1.54, 1.807) is 30.4 Å². The van der Waals surface area contributed by atoms with E-state index in [4.69, 9.17) is 0 Å². The molecule has 2 heterocycles. The summed E-state index contributed by atoms with van der Waals surface area (Å²) >= 11 is 1.55. The Bertz CT molecular complexity index is 474. The van der Waals surface area contributed by atoms with Gasteiger partial charge in [-0.2, -0.15) is 0 Å². The van der Waals surface area contributed by atoms with Gasteiger partial charge in [0, 0.05) is 29.8 Å². The average Bonchev–Trinajstić information content (AvgIpc) is 2.76. The minimum atomic E-state index is -0.00162. The van der Waals surface area contributed by atoms with Crippen LogP contribution < -0.4 is 0 Å². The molecular formula is C11H15N5S. The van der Waals surface area contributed by atoms with Crippen LogP contribution >= 0.6 is 11.8 Å². The van der Waals surface area contributed by atoms with Gasteiger partial charge >= 0.3 is 0 Å². The Labute approximate surface area is 104 Å². The molecule has 90 valence electrons. The smallest absolute Gasteiger partial charge is 0.208 e. The third-order valence-electron chi connectivity index (χ3n) is 2.14. The Hall–Kier alpha value is -1.43. The molecule has 0 aromatic carbocycles. The Morgan fingerprint density at radius 3 is 2.71 bits per heavy atom. The van der Waals surface area contributed by atoms with Crippen LogP contribution in [0.3, 0.4) is 0 Å². The van der Waals surface area contributed by atoms with E-state index in [9.17, 15) is 0 Å². The third-order valence-corrected chi connectivity index (χ3v) is 3.02. The zero-order valence-electron chi connectivity index (χ0n) is 10.1. The fourth-order valence-electron chi connectivity index (χ4n) is 1.19. The lowest BCUT2D eigenvalue weighted by Gasteiger charge is -2.12. The molecule has 0 radical (unpaired) electrons. The lowest BCUT2D eigenvalue weighted by atomic mass is 9.96. The summed E-state index contributed by atoms with van der Waals surface area (Å²) in [4.78, 5) is 12.7. The third kappa shape index (κ3) is 3.26. The number of thioether (sulfide) groups is 1. The van der Waals surface area contributed by atoms with E-state index in [1.165, 1.54) is 0 Å². The molecule has 0 bridgehead atoms. The van der Waals surface area contributed by atoms with Crippen molar-refractivity contribution in [1.29, 1.82) is 0 Å². The van der Waals surface area contributed by atoms with Gasteiger partial charge in [0.2, 0.25) is 5.16 Å². The van der Waals surface area contributed by atoms with Crippen molar-refractivity contribution in [3.05, 3.63) is 30.1 Å². The van der Waals surface area contributed by atoms with Crippen molar-refractivity contribution in [3.8, 4) is 0 Å². The molecule has 6 heteroatoms. The van der Waals surface area contributed by atoms with Gasteiger partial charge in [0.05, 0.1) is 5.69 Å². The maximum Gasteiger partial charge on any atom is 0.208 e. The van der Waals surface area contributed by atoms with Crippen molar-refractivity contribution < 1.29 is 0 Å². The summed E-state index contributed by atoms with van der Waals surface area (Å²) in [5, 5.41) is 7.89. The largest absolute Gasteiger partial charge is 0.262 e. The highest BCUT2D eigenvalue weighted by Gasteiger charge is 2.18. The molecule has 0 spiro atoms. The van der Waals surface area contributed by atoms with Crippen LogP contribution in [0.15, 0.2) is 23.7 Å². The number of aromatic nitrogens is 5. The van der Waals surface area contributed by atoms with Crippen LogP contribution in [0.1, 0.15) is 32.3 Å². The van der Waals surface area contributed by atoms with Crippen LogP contribution in [0.25, 0.3) is 0 Å². The van der Waals surface area contributed by atoms with Crippen LogP contribution in [-0.2, 0) is 11.2 Å². The van der Waals surface area contributed by atoms with Gasteiger partial charge in [-0.1, -0.05) is 32.5 Å². The molecule has 0 amide bonds. The van der Waals surface area contributed by atoms with E-state index in [1.807, 2.05) is 0 Å². The summed E-state index contributed by atoms with van der Waals surface area (Å²) in [6.45, 7) is 6.31. The van der Waals surface area contributed by atoms with Gasteiger partial charge in [-0.05, 0) is 0 Å². The summed E-state index contributed by atoms with van der Waals surface area (Å²) in [6.07, 6.45) is 5.11. The van der Waals surface area contributed by atoms with Crippen molar-refractivity contribution in [2.75, 3.05) is 0 Å². The number of hydrogen-bond donors (Lipinski definition) is 1. The van der Waals surface area contributed by atoms with Gasteiger partial charge < -0.3 is 0 Å². The van der Waals surface area contributed by atoms with Gasteiger partial charge in [-0.25, -0.2) is 4.98 Å². The SMILES string of the molecule is CC(C)(C)c1nc(SCc2cnccn2)n[nH]1. The Kier molecular flexibility index (Phi) is 3.42. The molecule has 0 saturated carbocycles. The predicted molar refractivity (Wildman–Crippen MR) is 66.7 cm³/mol. The highest BCUT2D eigenvalue weighted by atomic mass is 32.2. The minimum Gasteiger partial charge on any atom is -0.262 e. The summed E-state index contributed by atoms with van der Waals surface area (Å²) in [7, 11) is 0. The quantitative estimate of drug-likeness (QED) is 0.844. The molecule has 0 aliphatic heterocycles. The molecule has 0 unspecified atom stereocenters. The fourth-order valence-corrected chi connectivity index (χ4v) is 1.88. The molecule has 0 fully saturated rings. The van der Waals surface area contributed by atoms with Crippen LogP contribution in [0.2, 0.25) is 0 Å². The molecule has 2 aromatic heterocycles. The Morgan fingerprint density at radius 2 is 2.12 bits per heavy atom. The Balaban J connectivity index is 1.99. The molecule has 0 atom stereocenters. The molecule has 0 aliphatic rings. The van der Waals surface area contributed by atoms with E-state index in [0.717, 1.165) is 22.4 Å². The van der Waals surface area contributed by atoms with Crippen molar-refractivity contribution >= 4 is 11.8 Å². The van der Waals surface area contributed by atoms with Gasteiger partial charge in [0.1, 0.15) is 5.82 Å². The second kappa shape index (κ2) is 4.83. The predicted octanol–water partition coefficient (Wildman–Crippen LogP) is 2.18. The van der Waals surface area contributed by atoms with E-state index in [0.29, 0.717) is 0 Å². The van der Waals surface area contributed by atoms with Gasteiger partial charge in [-0.3, -0.25) is 15.1 Å². The molecule has 0 saturated heterocycles. The van der Waals surface area contributed by atoms with Gasteiger partial charge in [-0.15, -0.1) is 5.10 Å². The summed E-state index contributed by atoms with van der Waals surface area (Å²) < 4.78 is 0. The Morgan fingerprint density at radius 1 is 1.29 bits per heavy atom. The summed E-state index contributed by atoms with van der Waals surface area (Å²) in [6, 6.07) is 0. The van der Waals surface area contributed by atoms with Crippen LogP contribution in [-0.4, -0.2) is 25.1 Å². The van der Waals surface area contributed by atoms with Crippen molar-refractivity contribution in [3.63, 3.8) is 0 Å². The van der Waals surface area contributed by atoms with Gasteiger partial charge in [0.15, 0.2) is 0 Å². The van der Waals surface area contributed by atoms with Crippen LogP contribution in [0, 0.1) is 0 Å². The second-order valence-electron chi connectivity index (χ2n) is 4.70. The maximum absolute atomic E-state index is 4.44. The molecule has 2 rings (SSSR count). The van der Waals surface area contributed by atoms with E-state index >= 15 is 0 Å². The molecular weight excluding hydrogens is 234 g/mol. The molecule has 2 aromatic rings. The first-order valence-electron chi connectivity index (χ1n) is 5.36. The van der Waals surface area contributed by atoms with E-state index in [-0.39, 0.29) is 5.41 Å². The highest BCUT2D eigenvalue weighted by molar-refractivity contribution is 7.98. The molecule has 0 aliphatic carbocycles. The summed E-state index contributed by atoms with van der Waals surface area (Å²) in [5.41, 5.74) is 0.929. The number of aromatic amines is 1. The number of H-pyrrole nitrogens is 1. The lowest BCUT2D eigenvalue weighted by molar-refractivity contribution is 0.547. The second-order valence-corrected chi connectivity index (χ2v) is 5.64.